The molecular weight excluding hydrogens is 128 g/mol. The van der Waals surface area contributed by atoms with Crippen LogP contribution in [0, 0.1) is 0 Å². The van der Waals surface area contributed by atoms with E-state index in [2.05, 4.69) is 0 Å². The van der Waals surface area contributed by atoms with Gasteiger partial charge in [0, 0.05) is 0 Å². The molecule has 0 spiro atoms. The molecule has 8 heavy (non-hydrogen) atoms. The molecule has 1 N–H and O–H groups in total. The Morgan fingerprint density at radius 2 is 2.25 bits per heavy atom. The highest BCUT2D eigenvalue weighted by Gasteiger charge is 1.90. The van der Waals surface area contributed by atoms with E-state index in [-0.39, 0.29) is 12.4 Å². The van der Waals surface area contributed by atoms with Gasteiger partial charge in [0.2, 0.25) is 0 Å². The van der Waals surface area contributed by atoms with Crippen molar-refractivity contribution in [1.29, 1.82) is 0 Å². The zero-order valence-corrected chi connectivity index (χ0v) is 5.21. The molecule has 0 saturated heterocycles. The summed E-state index contributed by atoms with van der Waals surface area (Å²) in [7, 11) is 1.84. The van der Waals surface area contributed by atoms with E-state index in [0.717, 1.165) is 4.73 Å². The molecule has 1 aromatic rings. The van der Waals surface area contributed by atoms with E-state index in [1.807, 2.05) is 7.05 Å². The number of rotatable bonds is 0. The summed E-state index contributed by atoms with van der Waals surface area (Å²) in [6.45, 7) is 0. The predicted molar refractivity (Wildman–Crippen MR) is 22.8 cm³/mol. The van der Waals surface area contributed by atoms with Crippen LogP contribution in [0.4, 0.5) is 0 Å². The minimum absolute atomic E-state index is 0. The quantitative estimate of drug-likeness (QED) is 0.290. The first-order valence-corrected chi connectivity index (χ1v) is 2.01. The maximum atomic E-state index is 8.55. The van der Waals surface area contributed by atoms with Crippen molar-refractivity contribution in [3.63, 3.8) is 0 Å². The fraction of sp³-hybridized carbons (Fsp3) is 0.250. The summed E-state index contributed by atoms with van der Waals surface area (Å²) in [6, 6.07) is 0. The normalized spacial score (nSPS) is 8.12. The number of hydrogen-bond acceptors (Lipinski definition) is 1. The van der Waals surface area contributed by atoms with Gasteiger partial charge >= 0.3 is 0 Å². The summed E-state index contributed by atoms with van der Waals surface area (Å²) in [5.41, 5.74) is 0. The Bertz CT molecular complexity index is 146. The molecule has 0 fully saturated rings. The second kappa shape index (κ2) is 2.57. The Hall–Kier alpha value is -0.700. The Morgan fingerprint density at radius 1 is 1.62 bits per heavy atom. The van der Waals surface area contributed by atoms with Crippen molar-refractivity contribution in [3.05, 3.63) is 18.7 Å². The van der Waals surface area contributed by atoms with Crippen molar-refractivity contribution in [2.75, 3.05) is 0 Å². The molecule has 0 radical (unpaired) electrons. The van der Waals surface area contributed by atoms with Crippen LogP contribution in [0.1, 0.15) is 0 Å². The first kappa shape index (κ1) is 7.30. The molecule has 4 heteroatoms. The van der Waals surface area contributed by atoms with Crippen LogP contribution >= 0.6 is 0 Å². The first-order chi connectivity index (χ1) is 3.29. The largest absolute Gasteiger partial charge is 1.00 e. The van der Waals surface area contributed by atoms with Gasteiger partial charge in [-0.05, 0) is 0 Å². The predicted octanol–water partition coefficient (Wildman–Crippen LogP) is -3.45. The van der Waals surface area contributed by atoms with Crippen LogP contribution in [0.25, 0.3) is 0 Å². The molecule has 1 heterocycles. The number of halogens is 1. The van der Waals surface area contributed by atoms with Gasteiger partial charge in [0.1, 0.15) is 6.20 Å². The van der Waals surface area contributed by atoms with Crippen LogP contribution in [0.2, 0.25) is 0 Å². The van der Waals surface area contributed by atoms with Crippen molar-refractivity contribution in [2.45, 2.75) is 0 Å². The van der Waals surface area contributed by atoms with E-state index in [1.165, 1.54) is 0 Å². The van der Waals surface area contributed by atoms with Gasteiger partial charge in [0.25, 0.3) is 6.33 Å². The molecule has 0 aliphatic rings. The van der Waals surface area contributed by atoms with Gasteiger partial charge in [-0.25, -0.2) is 4.57 Å². The summed E-state index contributed by atoms with van der Waals surface area (Å²) in [5, 5.41) is 8.55. The van der Waals surface area contributed by atoms with Crippen molar-refractivity contribution in [1.82, 2.24) is 4.73 Å². The Labute approximate surface area is 53.5 Å². The molecular formula is C4H7ClN2O. The maximum Gasteiger partial charge on any atom is 0.283 e. The third-order valence-corrected chi connectivity index (χ3v) is 0.755. The standard InChI is InChI=1S/C4H7N2O.ClH/c1-5-2-3-6(7)4-5;/h2-4,7H,1H3;1H/q+1;/p-1. The van der Waals surface area contributed by atoms with Crippen molar-refractivity contribution in [3.8, 4) is 0 Å². The molecule has 0 amide bonds. The van der Waals surface area contributed by atoms with Crippen LogP contribution in [0.5, 0.6) is 0 Å². The second-order valence-corrected chi connectivity index (χ2v) is 1.46. The third kappa shape index (κ3) is 1.42. The average molecular weight is 135 g/mol. The van der Waals surface area contributed by atoms with Crippen molar-refractivity contribution < 1.29 is 22.2 Å². The lowest BCUT2D eigenvalue weighted by Gasteiger charge is -1.71. The molecule has 3 nitrogen and oxygen atoms in total. The maximum absolute atomic E-state index is 8.55. The highest BCUT2D eigenvalue weighted by molar-refractivity contribution is 4.57. The first-order valence-electron chi connectivity index (χ1n) is 2.01. The monoisotopic (exact) mass is 134 g/mol. The molecule has 0 aromatic carbocycles. The number of imidazole rings is 1. The minimum Gasteiger partial charge on any atom is -1.00 e. The molecule has 1 rings (SSSR count). The highest BCUT2D eigenvalue weighted by Crippen LogP contribution is 1.69. The minimum atomic E-state index is 0. The van der Waals surface area contributed by atoms with Crippen LogP contribution < -0.4 is 17.0 Å². The van der Waals surface area contributed by atoms with Crippen LogP contribution in [-0.4, -0.2) is 9.94 Å². The van der Waals surface area contributed by atoms with Gasteiger partial charge < -0.3 is 17.6 Å². The fourth-order valence-corrected chi connectivity index (χ4v) is 0.437. The van der Waals surface area contributed by atoms with E-state index in [4.69, 9.17) is 5.21 Å². The topological polar surface area (TPSA) is 29.0 Å². The fourth-order valence-electron chi connectivity index (χ4n) is 0.437. The molecule has 0 aliphatic carbocycles. The Kier molecular flexibility index (Phi) is 2.34. The zero-order chi connectivity index (χ0) is 5.28. The van der Waals surface area contributed by atoms with Gasteiger partial charge in [0.15, 0.2) is 6.20 Å². The summed E-state index contributed by atoms with van der Waals surface area (Å²) in [5.74, 6) is 0. The summed E-state index contributed by atoms with van der Waals surface area (Å²) in [6.07, 6.45) is 4.86. The SMILES string of the molecule is C[n+]1ccn(O)c1.[Cl-]. The van der Waals surface area contributed by atoms with Gasteiger partial charge in [0.05, 0.1) is 7.05 Å². The van der Waals surface area contributed by atoms with E-state index < -0.39 is 0 Å². The number of hydrogen-bond donors (Lipinski definition) is 1. The van der Waals surface area contributed by atoms with E-state index in [1.54, 1.807) is 23.3 Å². The molecule has 46 valence electrons. The lowest BCUT2D eigenvalue weighted by Crippen LogP contribution is -3.00. The van der Waals surface area contributed by atoms with Gasteiger partial charge in [-0.3, -0.25) is 0 Å². The molecule has 0 atom stereocenters. The Morgan fingerprint density at radius 3 is 2.38 bits per heavy atom. The summed E-state index contributed by atoms with van der Waals surface area (Å²) >= 11 is 0. The van der Waals surface area contributed by atoms with E-state index in [0.29, 0.717) is 0 Å². The average Bonchev–Trinajstić information content (AvgIpc) is 1.87. The molecule has 0 unspecified atom stereocenters. The molecule has 0 aliphatic heterocycles. The Balaban J connectivity index is 0.000000490. The van der Waals surface area contributed by atoms with E-state index >= 15 is 0 Å². The van der Waals surface area contributed by atoms with Gasteiger partial charge in [-0.15, -0.1) is 0 Å². The third-order valence-electron chi connectivity index (χ3n) is 0.755. The van der Waals surface area contributed by atoms with Crippen molar-refractivity contribution >= 4 is 0 Å². The molecule has 0 saturated carbocycles. The summed E-state index contributed by atoms with van der Waals surface area (Å²) in [4.78, 5) is 0. The zero-order valence-electron chi connectivity index (χ0n) is 4.45. The molecule has 0 bridgehead atoms. The number of aryl methyl sites for hydroxylation is 1. The lowest BCUT2D eigenvalue weighted by atomic mass is 10.9. The second-order valence-electron chi connectivity index (χ2n) is 1.46. The summed E-state index contributed by atoms with van der Waals surface area (Å²) < 4.78 is 2.75. The van der Waals surface area contributed by atoms with Gasteiger partial charge in [-0.2, -0.15) is 0 Å². The lowest BCUT2D eigenvalue weighted by molar-refractivity contribution is -0.672. The number of nitrogens with zero attached hydrogens (tertiary/aromatic N) is 2. The van der Waals surface area contributed by atoms with E-state index in [9.17, 15) is 0 Å². The van der Waals surface area contributed by atoms with Crippen LogP contribution in [0.3, 0.4) is 0 Å². The van der Waals surface area contributed by atoms with Crippen LogP contribution in [0.15, 0.2) is 18.7 Å². The van der Waals surface area contributed by atoms with Crippen LogP contribution in [-0.2, 0) is 7.05 Å². The smallest absolute Gasteiger partial charge is 0.283 e. The molecule has 1 aromatic heterocycles. The van der Waals surface area contributed by atoms with Crippen molar-refractivity contribution in [2.24, 2.45) is 7.05 Å². The highest BCUT2D eigenvalue weighted by atomic mass is 35.5. The number of aromatic nitrogens is 2. The van der Waals surface area contributed by atoms with Gasteiger partial charge in [-0.1, -0.05) is 4.73 Å².